The monoisotopic (exact) mass is 290 g/mol. The van der Waals surface area contributed by atoms with Crippen LogP contribution in [0, 0.1) is 5.41 Å². The van der Waals surface area contributed by atoms with Crippen LogP contribution in [0.1, 0.15) is 58.4 Å². The Morgan fingerprint density at radius 2 is 1.71 bits per heavy atom. The van der Waals surface area contributed by atoms with Crippen molar-refractivity contribution >= 4 is 0 Å². The zero-order valence-corrected chi connectivity index (χ0v) is 13.8. The Morgan fingerprint density at radius 1 is 1.10 bits per heavy atom. The van der Waals surface area contributed by atoms with Crippen LogP contribution in [0.4, 0.5) is 0 Å². The van der Waals surface area contributed by atoms with Gasteiger partial charge < -0.3 is 9.84 Å². The minimum absolute atomic E-state index is 0.320. The van der Waals surface area contributed by atoms with Crippen LogP contribution in [0.25, 0.3) is 0 Å². The van der Waals surface area contributed by atoms with Gasteiger partial charge in [0.05, 0.1) is 11.7 Å². The Morgan fingerprint density at radius 3 is 2.29 bits per heavy atom. The summed E-state index contributed by atoms with van der Waals surface area (Å²) >= 11 is 0. The van der Waals surface area contributed by atoms with Crippen LogP contribution in [0.15, 0.2) is 30.3 Å². The molecule has 2 rings (SSSR count). The number of aliphatic hydroxyl groups is 1. The van der Waals surface area contributed by atoms with E-state index < -0.39 is 0 Å². The molecule has 2 heteroatoms. The summed E-state index contributed by atoms with van der Waals surface area (Å²) in [5.41, 5.74) is 1.36. The van der Waals surface area contributed by atoms with Gasteiger partial charge in [-0.1, -0.05) is 44.2 Å². The maximum Gasteiger partial charge on any atom is 0.0940 e. The van der Waals surface area contributed by atoms with Gasteiger partial charge in [-0.25, -0.2) is 0 Å². The molecule has 1 aliphatic carbocycles. The van der Waals surface area contributed by atoms with Crippen LogP contribution in [0.3, 0.4) is 0 Å². The van der Waals surface area contributed by atoms with E-state index in [9.17, 15) is 5.11 Å². The highest BCUT2D eigenvalue weighted by molar-refractivity contribution is 5.15. The molecule has 1 atom stereocenters. The average molecular weight is 290 g/mol. The van der Waals surface area contributed by atoms with Gasteiger partial charge in [0.1, 0.15) is 0 Å². The molecule has 0 heterocycles. The summed E-state index contributed by atoms with van der Waals surface area (Å²) in [6, 6.07) is 10.4. The maximum atomic E-state index is 10.8. The maximum absolute atomic E-state index is 10.8. The summed E-state index contributed by atoms with van der Waals surface area (Å²) in [4.78, 5) is 0. The average Bonchev–Trinajstić information content (AvgIpc) is 2.48. The van der Waals surface area contributed by atoms with Gasteiger partial charge in [-0.3, -0.25) is 0 Å². The standard InChI is InChI=1S/C19H30O2/c1-4-21-19(14-12-18(2,3)13-15-19)17(20)11-10-16-8-6-5-7-9-16/h5-9,17,20H,4,10-15H2,1-3H3. The quantitative estimate of drug-likeness (QED) is 0.843. The minimum atomic E-state index is -0.367. The molecule has 1 fully saturated rings. The molecule has 118 valence electrons. The number of benzene rings is 1. The van der Waals surface area contributed by atoms with E-state index in [-0.39, 0.29) is 11.7 Å². The Hall–Kier alpha value is -0.860. The molecule has 0 radical (unpaired) electrons. The van der Waals surface area contributed by atoms with Crippen molar-refractivity contribution in [3.05, 3.63) is 35.9 Å². The number of hydrogen-bond acceptors (Lipinski definition) is 2. The lowest BCUT2D eigenvalue weighted by Gasteiger charge is -2.46. The van der Waals surface area contributed by atoms with Gasteiger partial charge in [-0.15, -0.1) is 0 Å². The van der Waals surface area contributed by atoms with Gasteiger partial charge in [-0.05, 0) is 56.4 Å². The first-order chi connectivity index (χ1) is 9.97. The van der Waals surface area contributed by atoms with Crippen LogP contribution in [-0.4, -0.2) is 23.4 Å². The zero-order chi connectivity index (χ0) is 15.3. The van der Waals surface area contributed by atoms with Crippen LogP contribution >= 0.6 is 0 Å². The second kappa shape index (κ2) is 6.93. The van der Waals surface area contributed by atoms with Crippen molar-refractivity contribution in [3.63, 3.8) is 0 Å². The number of hydrogen-bond donors (Lipinski definition) is 1. The predicted molar refractivity (Wildman–Crippen MR) is 87.4 cm³/mol. The number of ether oxygens (including phenoxy) is 1. The van der Waals surface area contributed by atoms with Gasteiger partial charge in [0, 0.05) is 6.61 Å². The Balaban J connectivity index is 1.97. The molecule has 0 amide bonds. The summed E-state index contributed by atoms with van der Waals surface area (Å²) in [5.74, 6) is 0. The van der Waals surface area contributed by atoms with Crippen molar-refractivity contribution in [1.29, 1.82) is 0 Å². The third kappa shape index (κ3) is 4.31. The second-order valence-electron chi connectivity index (χ2n) is 7.20. The van der Waals surface area contributed by atoms with Gasteiger partial charge in [0.15, 0.2) is 0 Å². The Kier molecular flexibility index (Phi) is 5.45. The predicted octanol–water partition coefficient (Wildman–Crippen LogP) is 4.36. The second-order valence-corrected chi connectivity index (χ2v) is 7.20. The van der Waals surface area contributed by atoms with E-state index in [0.29, 0.717) is 12.0 Å². The lowest BCUT2D eigenvalue weighted by Crippen LogP contribution is -2.49. The molecule has 1 unspecified atom stereocenters. The molecule has 0 bridgehead atoms. The van der Waals surface area contributed by atoms with E-state index in [4.69, 9.17) is 4.74 Å². The third-order valence-electron chi connectivity index (χ3n) is 5.04. The fourth-order valence-electron chi connectivity index (χ4n) is 3.42. The number of aliphatic hydroxyl groups excluding tert-OH is 1. The number of aryl methyl sites for hydroxylation is 1. The van der Waals surface area contributed by atoms with E-state index >= 15 is 0 Å². The molecular formula is C19H30O2. The molecule has 0 spiro atoms. The lowest BCUT2D eigenvalue weighted by molar-refractivity contribution is -0.152. The van der Waals surface area contributed by atoms with E-state index in [1.807, 2.05) is 13.0 Å². The summed E-state index contributed by atoms with van der Waals surface area (Å²) in [6.45, 7) is 7.35. The van der Waals surface area contributed by atoms with Crippen LogP contribution < -0.4 is 0 Å². The SMILES string of the molecule is CCOC1(C(O)CCc2ccccc2)CCC(C)(C)CC1. The fraction of sp³-hybridized carbons (Fsp3) is 0.684. The van der Waals surface area contributed by atoms with Crippen LogP contribution in [0.2, 0.25) is 0 Å². The van der Waals surface area contributed by atoms with E-state index in [2.05, 4.69) is 38.1 Å². The van der Waals surface area contributed by atoms with Gasteiger partial charge >= 0.3 is 0 Å². The zero-order valence-electron chi connectivity index (χ0n) is 13.8. The van der Waals surface area contributed by atoms with Crippen LogP contribution in [0.5, 0.6) is 0 Å². The smallest absolute Gasteiger partial charge is 0.0940 e. The van der Waals surface area contributed by atoms with Crippen molar-refractivity contribution in [2.75, 3.05) is 6.61 Å². The first kappa shape index (κ1) is 16.5. The molecule has 0 saturated heterocycles. The molecular weight excluding hydrogens is 260 g/mol. The molecule has 1 aliphatic rings. The summed E-state index contributed by atoms with van der Waals surface area (Å²) in [6.07, 6.45) is 5.55. The molecule has 0 aromatic heterocycles. The normalized spacial score (nSPS) is 21.9. The van der Waals surface area contributed by atoms with E-state index in [1.165, 1.54) is 5.56 Å². The first-order valence-electron chi connectivity index (χ1n) is 8.33. The lowest BCUT2D eigenvalue weighted by atomic mass is 9.68. The van der Waals surface area contributed by atoms with E-state index in [0.717, 1.165) is 38.5 Å². The third-order valence-corrected chi connectivity index (χ3v) is 5.04. The van der Waals surface area contributed by atoms with Crippen molar-refractivity contribution in [3.8, 4) is 0 Å². The highest BCUT2D eigenvalue weighted by Gasteiger charge is 2.43. The Labute approximate surface area is 129 Å². The fourth-order valence-corrected chi connectivity index (χ4v) is 3.42. The molecule has 1 saturated carbocycles. The van der Waals surface area contributed by atoms with Crippen molar-refractivity contribution in [2.45, 2.75) is 71.0 Å². The number of rotatable bonds is 6. The molecule has 1 N–H and O–H groups in total. The van der Waals surface area contributed by atoms with Gasteiger partial charge in [0.25, 0.3) is 0 Å². The van der Waals surface area contributed by atoms with Gasteiger partial charge in [-0.2, -0.15) is 0 Å². The highest BCUT2D eigenvalue weighted by atomic mass is 16.5. The highest BCUT2D eigenvalue weighted by Crippen LogP contribution is 2.44. The Bertz CT molecular complexity index is 414. The first-order valence-corrected chi connectivity index (χ1v) is 8.33. The largest absolute Gasteiger partial charge is 0.390 e. The van der Waals surface area contributed by atoms with Crippen molar-refractivity contribution in [2.24, 2.45) is 5.41 Å². The summed E-state index contributed by atoms with van der Waals surface area (Å²) in [7, 11) is 0. The minimum Gasteiger partial charge on any atom is -0.390 e. The van der Waals surface area contributed by atoms with Crippen molar-refractivity contribution in [1.82, 2.24) is 0 Å². The molecule has 2 nitrogen and oxygen atoms in total. The van der Waals surface area contributed by atoms with Crippen molar-refractivity contribution < 1.29 is 9.84 Å². The van der Waals surface area contributed by atoms with E-state index in [1.54, 1.807) is 0 Å². The van der Waals surface area contributed by atoms with Gasteiger partial charge in [0.2, 0.25) is 0 Å². The molecule has 1 aromatic rings. The molecule has 21 heavy (non-hydrogen) atoms. The summed E-state index contributed by atoms with van der Waals surface area (Å²) < 4.78 is 6.06. The molecule has 0 aliphatic heterocycles. The van der Waals surface area contributed by atoms with Crippen LogP contribution in [-0.2, 0) is 11.2 Å². The summed E-state index contributed by atoms with van der Waals surface area (Å²) in [5, 5.41) is 10.8. The molecule has 1 aromatic carbocycles. The topological polar surface area (TPSA) is 29.5 Å².